The highest BCUT2D eigenvalue weighted by atomic mass is 16.5. The van der Waals surface area contributed by atoms with Gasteiger partial charge in [0.2, 0.25) is 0 Å². The van der Waals surface area contributed by atoms with E-state index in [4.69, 9.17) is 19.6 Å². The van der Waals surface area contributed by atoms with Gasteiger partial charge in [-0.1, -0.05) is 53.2 Å². The minimum absolute atomic E-state index is 0.0203. The summed E-state index contributed by atoms with van der Waals surface area (Å²) in [5, 5.41) is 9.11. The molecule has 0 aromatic heterocycles. The first-order valence-electron chi connectivity index (χ1n) is 13.7. The van der Waals surface area contributed by atoms with E-state index in [2.05, 4.69) is 65.0 Å². The number of hydrogen-bond acceptors (Lipinski definition) is 4. The van der Waals surface area contributed by atoms with Gasteiger partial charge in [-0.25, -0.2) is 0 Å². The summed E-state index contributed by atoms with van der Waals surface area (Å²) in [5.74, 6) is 1.16. The third-order valence-corrected chi connectivity index (χ3v) is 6.67. The zero-order valence-corrected chi connectivity index (χ0v) is 23.2. The Labute approximate surface area is 222 Å². The highest BCUT2D eigenvalue weighted by molar-refractivity contribution is 5.81. The van der Waals surface area contributed by atoms with E-state index in [1.165, 1.54) is 11.1 Å². The van der Waals surface area contributed by atoms with Crippen LogP contribution in [0.4, 0.5) is 0 Å². The molecule has 0 saturated carbocycles. The molecular weight excluding hydrogens is 462 g/mol. The molecule has 37 heavy (non-hydrogen) atoms. The Morgan fingerprint density at radius 1 is 1.11 bits per heavy atom. The smallest absolute Gasteiger partial charge is 0.303 e. The molecule has 0 bridgehead atoms. The molecule has 1 aliphatic carbocycles. The Bertz CT molecular complexity index is 1110. The summed E-state index contributed by atoms with van der Waals surface area (Å²) in [6.45, 7) is 12.1. The van der Waals surface area contributed by atoms with Crippen LogP contribution in [0.25, 0.3) is 0 Å². The number of rotatable bonds is 13. The Morgan fingerprint density at radius 2 is 1.89 bits per heavy atom. The lowest BCUT2D eigenvalue weighted by Gasteiger charge is -2.19. The van der Waals surface area contributed by atoms with E-state index >= 15 is 0 Å². The zero-order chi connectivity index (χ0) is 26.8. The number of allylic oxidation sites excluding steroid dienone is 2. The molecule has 0 spiro atoms. The van der Waals surface area contributed by atoms with E-state index in [1.54, 1.807) is 0 Å². The summed E-state index contributed by atoms with van der Waals surface area (Å²) in [7, 11) is 0. The van der Waals surface area contributed by atoms with Crippen molar-refractivity contribution in [2.24, 2.45) is 10.4 Å². The molecule has 3 rings (SSSR count). The number of aryl methyl sites for hydroxylation is 2. The number of ether oxygens (including phenoxy) is 2. The maximum atomic E-state index is 11.1. The van der Waals surface area contributed by atoms with Gasteiger partial charge >= 0.3 is 5.97 Å². The van der Waals surface area contributed by atoms with Crippen molar-refractivity contribution in [2.45, 2.75) is 85.5 Å². The molecule has 0 saturated heterocycles. The van der Waals surface area contributed by atoms with E-state index in [1.807, 2.05) is 18.3 Å². The highest BCUT2D eigenvalue weighted by Gasteiger charge is 2.24. The monoisotopic (exact) mass is 505 g/mol. The fourth-order valence-corrected chi connectivity index (χ4v) is 4.80. The molecule has 0 fully saturated rings. The van der Waals surface area contributed by atoms with E-state index in [0.717, 1.165) is 66.8 Å². The number of carboxylic acids is 1. The van der Waals surface area contributed by atoms with Crippen molar-refractivity contribution in [2.75, 3.05) is 13.2 Å². The van der Waals surface area contributed by atoms with Crippen LogP contribution in [0, 0.1) is 5.41 Å². The van der Waals surface area contributed by atoms with Crippen LogP contribution in [0.5, 0.6) is 11.5 Å². The van der Waals surface area contributed by atoms with Crippen LogP contribution in [0.1, 0.15) is 94.9 Å². The third kappa shape index (κ3) is 8.48. The van der Waals surface area contributed by atoms with Crippen LogP contribution < -0.4 is 9.47 Å². The average molecular weight is 506 g/mol. The number of aliphatic carboxylic acids is 1. The Hall–Kier alpha value is -3.08. The third-order valence-electron chi connectivity index (χ3n) is 6.67. The standard InChI is InChI=1S/C32H43NO4/c1-6-9-26-19-23(22-33-30(10-7-2)32(3,4)5)11-16-29(26)37-18-8-17-36-27-14-15-28-24(20-27)12-13-25(28)21-31(34)35/h10-11,14-16,19-20,22,25H,6-9,12-13,17-18,21H2,1-5H3,(H,34,35). The molecule has 1 aliphatic rings. The van der Waals surface area contributed by atoms with E-state index in [9.17, 15) is 4.79 Å². The van der Waals surface area contributed by atoms with Gasteiger partial charge in [-0.15, -0.1) is 0 Å². The molecule has 2 aromatic rings. The quantitative estimate of drug-likeness (QED) is 0.223. The van der Waals surface area contributed by atoms with E-state index < -0.39 is 5.97 Å². The number of benzene rings is 2. The second-order valence-corrected chi connectivity index (χ2v) is 10.9. The SMILES string of the molecule is CCC=C(N=Cc1ccc(OCCCOc2ccc3c(c2)CCC3CC(=O)O)c(CCC)c1)C(C)(C)C. The minimum atomic E-state index is -0.734. The van der Waals surface area contributed by atoms with Crippen LogP contribution in [0.2, 0.25) is 0 Å². The summed E-state index contributed by atoms with van der Waals surface area (Å²) in [4.78, 5) is 15.9. The van der Waals surface area contributed by atoms with Crippen molar-refractivity contribution in [1.29, 1.82) is 0 Å². The second-order valence-electron chi connectivity index (χ2n) is 10.9. The van der Waals surface area contributed by atoms with Crippen LogP contribution in [-0.4, -0.2) is 30.5 Å². The average Bonchev–Trinajstić information content (AvgIpc) is 3.23. The lowest BCUT2D eigenvalue weighted by molar-refractivity contribution is -0.137. The van der Waals surface area contributed by atoms with Gasteiger partial charge in [0.1, 0.15) is 11.5 Å². The first kappa shape index (κ1) is 28.5. The number of carbonyl (C=O) groups is 1. The summed E-state index contributed by atoms with van der Waals surface area (Å²) in [6, 6.07) is 12.4. The highest BCUT2D eigenvalue weighted by Crippen LogP contribution is 2.37. The van der Waals surface area contributed by atoms with Gasteiger partial charge < -0.3 is 14.6 Å². The van der Waals surface area contributed by atoms with Gasteiger partial charge in [-0.2, -0.15) is 0 Å². The predicted molar refractivity (Wildman–Crippen MR) is 151 cm³/mol. The van der Waals surface area contributed by atoms with Gasteiger partial charge in [0.25, 0.3) is 0 Å². The molecule has 5 heteroatoms. The maximum absolute atomic E-state index is 11.1. The molecule has 1 unspecified atom stereocenters. The van der Waals surface area contributed by atoms with Crippen molar-refractivity contribution in [3.05, 3.63) is 70.4 Å². The number of aliphatic imine (C=N–C) groups is 1. The summed E-state index contributed by atoms with van der Waals surface area (Å²) >= 11 is 0. The van der Waals surface area contributed by atoms with E-state index in [0.29, 0.717) is 13.2 Å². The first-order chi connectivity index (χ1) is 17.7. The maximum Gasteiger partial charge on any atom is 0.303 e. The Balaban J connectivity index is 1.53. The number of hydrogen-bond donors (Lipinski definition) is 1. The van der Waals surface area contributed by atoms with E-state index in [-0.39, 0.29) is 17.8 Å². The summed E-state index contributed by atoms with van der Waals surface area (Å²) in [5.41, 5.74) is 5.80. The van der Waals surface area contributed by atoms with Gasteiger partial charge in [-0.3, -0.25) is 9.79 Å². The molecule has 0 radical (unpaired) electrons. The first-order valence-corrected chi connectivity index (χ1v) is 13.7. The van der Waals surface area contributed by atoms with Crippen molar-refractivity contribution >= 4 is 12.2 Å². The number of fused-ring (bicyclic) bond motifs is 1. The molecule has 0 aliphatic heterocycles. The van der Waals surface area contributed by atoms with Gasteiger partial charge in [-0.05, 0) is 84.2 Å². The largest absolute Gasteiger partial charge is 0.493 e. The molecule has 1 N–H and O–H groups in total. The normalized spacial score (nSPS) is 15.7. The zero-order valence-electron chi connectivity index (χ0n) is 23.2. The molecule has 1 atom stereocenters. The lowest BCUT2D eigenvalue weighted by atomic mass is 9.91. The van der Waals surface area contributed by atoms with Crippen molar-refractivity contribution in [3.8, 4) is 11.5 Å². The van der Waals surface area contributed by atoms with Crippen LogP contribution >= 0.6 is 0 Å². The topological polar surface area (TPSA) is 68.1 Å². The van der Waals surface area contributed by atoms with Gasteiger partial charge in [0, 0.05) is 23.7 Å². The Kier molecular flexibility index (Phi) is 10.4. The van der Waals surface area contributed by atoms with Crippen molar-refractivity contribution < 1.29 is 19.4 Å². The summed E-state index contributed by atoms with van der Waals surface area (Å²) in [6.07, 6.45) is 9.94. The van der Waals surface area contributed by atoms with Crippen LogP contribution in [0.3, 0.4) is 0 Å². The molecule has 0 heterocycles. The molecule has 2 aromatic carbocycles. The molecular formula is C32H43NO4. The van der Waals surface area contributed by atoms with Gasteiger partial charge in [0.15, 0.2) is 0 Å². The van der Waals surface area contributed by atoms with Crippen LogP contribution in [0.15, 0.2) is 53.2 Å². The minimum Gasteiger partial charge on any atom is -0.493 e. The summed E-state index contributed by atoms with van der Waals surface area (Å²) < 4.78 is 12.1. The van der Waals surface area contributed by atoms with Crippen LogP contribution in [-0.2, 0) is 17.6 Å². The fourth-order valence-electron chi connectivity index (χ4n) is 4.80. The van der Waals surface area contributed by atoms with Crippen molar-refractivity contribution in [1.82, 2.24) is 0 Å². The molecule has 0 amide bonds. The molecule has 200 valence electrons. The lowest BCUT2D eigenvalue weighted by Crippen LogP contribution is -2.08. The molecule has 5 nitrogen and oxygen atoms in total. The predicted octanol–water partition coefficient (Wildman–Crippen LogP) is 7.75. The second kappa shape index (κ2) is 13.5. The number of carboxylic acid groups (broad SMARTS) is 1. The fraction of sp³-hybridized carbons (Fsp3) is 0.500. The van der Waals surface area contributed by atoms with Gasteiger partial charge in [0.05, 0.1) is 19.6 Å². The van der Waals surface area contributed by atoms with Crippen molar-refractivity contribution in [3.63, 3.8) is 0 Å². The number of nitrogens with zero attached hydrogens (tertiary/aromatic N) is 1. The Morgan fingerprint density at radius 3 is 2.59 bits per heavy atom.